The Morgan fingerprint density at radius 3 is 2.59 bits per heavy atom. The number of hydrogen-bond acceptors (Lipinski definition) is 6. The van der Waals surface area contributed by atoms with E-state index in [4.69, 9.17) is 9.47 Å². The first-order valence-electron chi connectivity index (χ1n) is 7.40. The Kier molecular flexibility index (Phi) is 4.73. The Labute approximate surface area is 131 Å². The molecule has 1 atom stereocenters. The second kappa shape index (κ2) is 6.37. The summed E-state index contributed by atoms with van der Waals surface area (Å²) in [6.07, 6.45) is 0.385. The highest BCUT2D eigenvalue weighted by Gasteiger charge is 2.31. The van der Waals surface area contributed by atoms with E-state index in [2.05, 4.69) is 10.2 Å². The Bertz CT molecular complexity index is 511. The summed E-state index contributed by atoms with van der Waals surface area (Å²) >= 11 is 0. The van der Waals surface area contributed by atoms with Gasteiger partial charge in [-0.2, -0.15) is 0 Å². The van der Waals surface area contributed by atoms with Crippen LogP contribution in [0.1, 0.15) is 27.2 Å². The third kappa shape index (κ3) is 4.47. The van der Waals surface area contributed by atoms with E-state index >= 15 is 0 Å². The molecule has 22 heavy (non-hydrogen) atoms. The van der Waals surface area contributed by atoms with Crippen molar-refractivity contribution in [1.82, 2.24) is 15.1 Å². The number of amides is 1. The first-order valence-corrected chi connectivity index (χ1v) is 7.40. The molecule has 0 spiro atoms. The van der Waals surface area contributed by atoms with E-state index in [-0.39, 0.29) is 12.2 Å². The standard InChI is InChI=1S/C15H24N4O3/c1-15(2,3)22-14(20)19-9-8-11(10-19)21-13-7-6-12(16-17-13)18(4)5/h6-7,11H,8-10H2,1-5H3. The summed E-state index contributed by atoms with van der Waals surface area (Å²) in [4.78, 5) is 15.5. The van der Waals surface area contributed by atoms with Crippen LogP contribution in [0.25, 0.3) is 0 Å². The second-order valence-electron chi connectivity index (χ2n) is 6.58. The molecule has 1 aliphatic rings. The zero-order valence-electron chi connectivity index (χ0n) is 13.9. The summed E-state index contributed by atoms with van der Waals surface area (Å²) in [5.74, 6) is 1.25. The summed E-state index contributed by atoms with van der Waals surface area (Å²) < 4.78 is 11.1. The molecule has 7 nitrogen and oxygen atoms in total. The van der Waals surface area contributed by atoms with E-state index in [1.54, 1.807) is 11.0 Å². The molecule has 1 unspecified atom stereocenters. The maximum Gasteiger partial charge on any atom is 0.410 e. The maximum absolute atomic E-state index is 12.0. The molecule has 122 valence electrons. The SMILES string of the molecule is CN(C)c1ccc(OC2CCN(C(=O)OC(C)(C)C)C2)nn1. The molecule has 0 aliphatic carbocycles. The minimum atomic E-state index is -0.483. The van der Waals surface area contributed by atoms with Gasteiger partial charge >= 0.3 is 6.09 Å². The Hall–Kier alpha value is -2.05. The van der Waals surface area contributed by atoms with Crippen molar-refractivity contribution in [3.8, 4) is 5.88 Å². The quantitative estimate of drug-likeness (QED) is 0.850. The van der Waals surface area contributed by atoms with Crippen LogP contribution < -0.4 is 9.64 Å². The van der Waals surface area contributed by atoms with Gasteiger partial charge in [0, 0.05) is 33.1 Å². The molecule has 1 aliphatic heterocycles. The van der Waals surface area contributed by atoms with E-state index < -0.39 is 5.60 Å². The van der Waals surface area contributed by atoms with Crippen LogP contribution in [0.5, 0.6) is 5.88 Å². The first kappa shape index (κ1) is 16.3. The average Bonchev–Trinajstić information content (AvgIpc) is 2.86. The summed E-state index contributed by atoms with van der Waals surface area (Å²) in [7, 11) is 3.81. The lowest BCUT2D eigenvalue weighted by atomic mass is 10.2. The van der Waals surface area contributed by atoms with Crippen LogP contribution in [0.3, 0.4) is 0 Å². The fourth-order valence-corrected chi connectivity index (χ4v) is 2.10. The van der Waals surface area contributed by atoms with Gasteiger partial charge in [0.25, 0.3) is 0 Å². The van der Waals surface area contributed by atoms with Crippen molar-refractivity contribution in [2.45, 2.75) is 38.9 Å². The van der Waals surface area contributed by atoms with Crippen molar-refractivity contribution >= 4 is 11.9 Å². The smallest absolute Gasteiger partial charge is 0.410 e. The van der Waals surface area contributed by atoms with Gasteiger partial charge in [-0.3, -0.25) is 0 Å². The van der Waals surface area contributed by atoms with Crippen molar-refractivity contribution in [2.24, 2.45) is 0 Å². The molecule has 0 N–H and O–H groups in total. The molecule has 1 aromatic rings. The topological polar surface area (TPSA) is 67.8 Å². The Morgan fingerprint density at radius 2 is 2.05 bits per heavy atom. The van der Waals surface area contributed by atoms with E-state index in [1.165, 1.54) is 0 Å². The van der Waals surface area contributed by atoms with Gasteiger partial charge in [-0.05, 0) is 26.8 Å². The monoisotopic (exact) mass is 308 g/mol. The highest BCUT2D eigenvalue weighted by Crippen LogP contribution is 2.19. The van der Waals surface area contributed by atoms with Crippen LogP contribution in [0.4, 0.5) is 10.6 Å². The number of ether oxygens (including phenoxy) is 2. The molecule has 0 saturated carbocycles. The molecule has 7 heteroatoms. The molecule has 0 bridgehead atoms. The number of carbonyl (C=O) groups excluding carboxylic acids is 1. The number of hydrogen-bond donors (Lipinski definition) is 0. The normalized spacial score (nSPS) is 18.2. The molecule has 0 radical (unpaired) electrons. The lowest BCUT2D eigenvalue weighted by Gasteiger charge is -2.24. The summed E-state index contributed by atoms with van der Waals surface area (Å²) in [5.41, 5.74) is -0.483. The van der Waals surface area contributed by atoms with Gasteiger partial charge in [0.05, 0.1) is 6.54 Å². The third-order valence-corrected chi connectivity index (χ3v) is 3.17. The van der Waals surface area contributed by atoms with Crippen molar-refractivity contribution in [1.29, 1.82) is 0 Å². The number of likely N-dealkylation sites (tertiary alicyclic amines) is 1. The molecule has 2 rings (SSSR count). The molecule has 1 amide bonds. The zero-order chi connectivity index (χ0) is 16.3. The van der Waals surface area contributed by atoms with Crippen molar-refractivity contribution in [2.75, 3.05) is 32.1 Å². The summed E-state index contributed by atoms with van der Waals surface area (Å²) in [5, 5.41) is 8.11. The number of carbonyl (C=O) groups is 1. The van der Waals surface area contributed by atoms with Crippen LogP contribution in [0.15, 0.2) is 12.1 Å². The molecule has 0 aromatic carbocycles. The van der Waals surface area contributed by atoms with Gasteiger partial charge < -0.3 is 19.3 Å². The van der Waals surface area contributed by atoms with Crippen LogP contribution in [-0.2, 0) is 4.74 Å². The average molecular weight is 308 g/mol. The van der Waals surface area contributed by atoms with Gasteiger partial charge in [-0.15, -0.1) is 10.2 Å². The van der Waals surface area contributed by atoms with E-state index in [0.717, 1.165) is 12.2 Å². The zero-order valence-corrected chi connectivity index (χ0v) is 13.9. The lowest BCUT2D eigenvalue weighted by molar-refractivity contribution is 0.0274. The second-order valence-corrected chi connectivity index (χ2v) is 6.58. The number of rotatable bonds is 3. The highest BCUT2D eigenvalue weighted by molar-refractivity contribution is 5.68. The fourth-order valence-electron chi connectivity index (χ4n) is 2.10. The van der Waals surface area contributed by atoms with Crippen molar-refractivity contribution < 1.29 is 14.3 Å². The van der Waals surface area contributed by atoms with Gasteiger partial charge in [0.2, 0.25) is 5.88 Å². The van der Waals surface area contributed by atoms with Gasteiger partial charge in [-0.25, -0.2) is 4.79 Å². The maximum atomic E-state index is 12.0. The molecular formula is C15H24N4O3. The van der Waals surface area contributed by atoms with Crippen molar-refractivity contribution in [3.63, 3.8) is 0 Å². The predicted octanol–water partition coefficient (Wildman–Crippen LogP) is 1.93. The predicted molar refractivity (Wildman–Crippen MR) is 83.2 cm³/mol. The van der Waals surface area contributed by atoms with Gasteiger partial charge in [0.1, 0.15) is 11.7 Å². The van der Waals surface area contributed by atoms with Crippen LogP contribution in [0, 0.1) is 0 Å². The Balaban J connectivity index is 1.87. The molecule has 1 fully saturated rings. The van der Waals surface area contributed by atoms with E-state index in [9.17, 15) is 4.79 Å². The molecule has 1 aromatic heterocycles. The third-order valence-electron chi connectivity index (χ3n) is 3.17. The van der Waals surface area contributed by atoms with Crippen LogP contribution in [0.2, 0.25) is 0 Å². The minimum absolute atomic E-state index is 0.0768. The Morgan fingerprint density at radius 1 is 1.32 bits per heavy atom. The van der Waals surface area contributed by atoms with Crippen LogP contribution in [-0.4, -0.2) is 60.1 Å². The van der Waals surface area contributed by atoms with Crippen molar-refractivity contribution in [3.05, 3.63) is 12.1 Å². The number of nitrogens with zero attached hydrogens (tertiary/aromatic N) is 4. The van der Waals surface area contributed by atoms with Gasteiger partial charge in [-0.1, -0.05) is 0 Å². The molecule has 1 saturated heterocycles. The molecular weight excluding hydrogens is 284 g/mol. The summed E-state index contributed by atoms with van der Waals surface area (Å²) in [6.45, 7) is 6.71. The number of aromatic nitrogens is 2. The fraction of sp³-hybridized carbons (Fsp3) is 0.667. The number of anilines is 1. The summed E-state index contributed by atoms with van der Waals surface area (Å²) in [6, 6.07) is 3.64. The lowest BCUT2D eigenvalue weighted by Crippen LogP contribution is -2.36. The first-order chi connectivity index (χ1) is 10.2. The van der Waals surface area contributed by atoms with E-state index in [0.29, 0.717) is 19.0 Å². The van der Waals surface area contributed by atoms with Crippen LogP contribution >= 0.6 is 0 Å². The van der Waals surface area contributed by atoms with Gasteiger partial charge in [0.15, 0.2) is 5.82 Å². The van der Waals surface area contributed by atoms with E-state index in [1.807, 2.05) is 45.8 Å². The highest BCUT2D eigenvalue weighted by atomic mass is 16.6. The molecule has 2 heterocycles. The minimum Gasteiger partial charge on any atom is -0.471 e. The largest absolute Gasteiger partial charge is 0.471 e.